The zero-order valence-corrected chi connectivity index (χ0v) is 10.7. The van der Waals surface area contributed by atoms with E-state index < -0.39 is 6.04 Å². The number of ether oxygens (including phenoxy) is 1. The van der Waals surface area contributed by atoms with Crippen LogP contribution in [0.3, 0.4) is 0 Å². The number of hydrogen-bond donors (Lipinski definition) is 1. The van der Waals surface area contributed by atoms with Gasteiger partial charge < -0.3 is 19.9 Å². The predicted molar refractivity (Wildman–Crippen MR) is 63.6 cm³/mol. The minimum Gasteiger partial charge on any atom is -0.383 e. The van der Waals surface area contributed by atoms with Gasteiger partial charge in [0.1, 0.15) is 0 Å². The maximum absolute atomic E-state index is 12.0. The molecule has 0 saturated carbocycles. The number of amides is 2. The molecule has 1 fully saturated rings. The molecule has 1 rings (SSSR count). The molecule has 0 aliphatic carbocycles. The van der Waals surface area contributed by atoms with E-state index in [0.717, 1.165) is 6.54 Å². The lowest BCUT2D eigenvalue weighted by Gasteiger charge is -2.33. The summed E-state index contributed by atoms with van der Waals surface area (Å²) >= 11 is 0. The summed E-state index contributed by atoms with van der Waals surface area (Å²) in [7, 11) is 5.00. The third-order valence-corrected chi connectivity index (χ3v) is 2.83. The lowest BCUT2D eigenvalue weighted by molar-refractivity contribution is -0.140. The van der Waals surface area contributed by atoms with Crippen molar-refractivity contribution in [1.29, 1.82) is 0 Å². The van der Waals surface area contributed by atoms with Crippen LogP contribution in [0.15, 0.2) is 0 Å². The first kappa shape index (κ1) is 13.9. The molecule has 1 N–H and O–H groups in total. The first-order valence-electron chi connectivity index (χ1n) is 5.77. The van der Waals surface area contributed by atoms with E-state index in [9.17, 15) is 9.59 Å². The molecule has 1 atom stereocenters. The largest absolute Gasteiger partial charge is 0.383 e. The molecule has 0 aromatic rings. The summed E-state index contributed by atoms with van der Waals surface area (Å²) in [4.78, 5) is 26.8. The molecule has 0 radical (unpaired) electrons. The third-order valence-electron chi connectivity index (χ3n) is 2.83. The molecule has 6 heteroatoms. The molecule has 0 aromatic carbocycles. The summed E-state index contributed by atoms with van der Waals surface area (Å²) in [5.41, 5.74) is 0. The SMILES string of the molecule is COCCN1CCNC(CC(=O)N(C)C)C1=O. The summed E-state index contributed by atoms with van der Waals surface area (Å²) in [5, 5.41) is 3.08. The molecule has 98 valence electrons. The van der Waals surface area contributed by atoms with Gasteiger partial charge in [-0.15, -0.1) is 0 Å². The molecule has 6 nitrogen and oxygen atoms in total. The van der Waals surface area contributed by atoms with E-state index >= 15 is 0 Å². The summed E-state index contributed by atoms with van der Waals surface area (Å²) < 4.78 is 4.96. The van der Waals surface area contributed by atoms with Gasteiger partial charge in [0.25, 0.3) is 0 Å². The molecule has 1 unspecified atom stereocenters. The fourth-order valence-corrected chi connectivity index (χ4v) is 1.73. The number of nitrogens with one attached hydrogen (secondary N) is 1. The van der Waals surface area contributed by atoms with E-state index in [2.05, 4.69) is 5.32 Å². The minimum atomic E-state index is -0.393. The van der Waals surface area contributed by atoms with Crippen LogP contribution in [0.5, 0.6) is 0 Å². The third kappa shape index (κ3) is 3.98. The highest BCUT2D eigenvalue weighted by atomic mass is 16.5. The van der Waals surface area contributed by atoms with Crippen LogP contribution in [0.4, 0.5) is 0 Å². The smallest absolute Gasteiger partial charge is 0.240 e. The molecule has 0 aromatic heterocycles. The van der Waals surface area contributed by atoms with Crippen LogP contribution >= 0.6 is 0 Å². The van der Waals surface area contributed by atoms with E-state index in [4.69, 9.17) is 4.74 Å². The lowest BCUT2D eigenvalue weighted by Crippen LogP contribution is -2.56. The zero-order valence-electron chi connectivity index (χ0n) is 10.7. The zero-order chi connectivity index (χ0) is 12.8. The standard InChI is InChI=1S/C11H21N3O3/c1-13(2)10(15)8-9-11(16)14(5-4-12-9)6-7-17-3/h9,12H,4-8H2,1-3H3. The summed E-state index contributed by atoms with van der Waals surface area (Å²) in [6.07, 6.45) is 0.218. The Morgan fingerprint density at radius 3 is 2.88 bits per heavy atom. The van der Waals surface area contributed by atoms with Crippen molar-refractivity contribution in [1.82, 2.24) is 15.1 Å². The maximum atomic E-state index is 12.0. The van der Waals surface area contributed by atoms with E-state index in [-0.39, 0.29) is 18.2 Å². The van der Waals surface area contributed by atoms with Gasteiger partial charge in [0.2, 0.25) is 11.8 Å². The van der Waals surface area contributed by atoms with Crippen LogP contribution < -0.4 is 5.32 Å². The molecule has 0 bridgehead atoms. The average Bonchev–Trinajstić information content (AvgIpc) is 2.30. The number of rotatable bonds is 5. The molecule has 1 aliphatic heterocycles. The van der Waals surface area contributed by atoms with Crippen LogP contribution in [-0.4, -0.2) is 75.1 Å². The second kappa shape index (κ2) is 6.56. The number of nitrogens with zero attached hydrogens (tertiary/aromatic N) is 2. The topological polar surface area (TPSA) is 61.9 Å². The fraction of sp³-hybridized carbons (Fsp3) is 0.818. The van der Waals surface area contributed by atoms with Crippen LogP contribution in [0.2, 0.25) is 0 Å². The number of hydrogen-bond acceptors (Lipinski definition) is 4. The molecular formula is C11H21N3O3. The van der Waals surface area contributed by atoms with E-state index in [1.54, 1.807) is 26.1 Å². The van der Waals surface area contributed by atoms with Crippen molar-refractivity contribution in [3.63, 3.8) is 0 Å². The highest BCUT2D eigenvalue weighted by Gasteiger charge is 2.29. The van der Waals surface area contributed by atoms with Crippen LogP contribution in [-0.2, 0) is 14.3 Å². The van der Waals surface area contributed by atoms with Gasteiger partial charge in [0, 0.05) is 40.8 Å². The lowest BCUT2D eigenvalue weighted by atomic mass is 10.1. The normalized spacial score (nSPS) is 20.5. The Morgan fingerprint density at radius 2 is 2.29 bits per heavy atom. The monoisotopic (exact) mass is 243 g/mol. The van der Waals surface area contributed by atoms with Gasteiger partial charge in [-0.05, 0) is 0 Å². The van der Waals surface area contributed by atoms with E-state index in [0.29, 0.717) is 19.7 Å². The van der Waals surface area contributed by atoms with Gasteiger partial charge in [0.05, 0.1) is 19.1 Å². The molecule has 17 heavy (non-hydrogen) atoms. The predicted octanol–water partition coefficient (Wildman–Crippen LogP) is -1.09. The van der Waals surface area contributed by atoms with Gasteiger partial charge >= 0.3 is 0 Å². The van der Waals surface area contributed by atoms with E-state index in [1.165, 1.54) is 4.90 Å². The number of carbonyl (C=O) groups excluding carboxylic acids is 2. The van der Waals surface area contributed by atoms with Gasteiger partial charge in [-0.3, -0.25) is 9.59 Å². The average molecular weight is 243 g/mol. The van der Waals surface area contributed by atoms with Gasteiger partial charge in [0.15, 0.2) is 0 Å². The summed E-state index contributed by atoms with van der Waals surface area (Å²) in [6, 6.07) is -0.393. The second-order valence-corrected chi connectivity index (χ2v) is 4.32. The fourth-order valence-electron chi connectivity index (χ4n) is 1.73. The summed E-state index contributed by atoms with van der Waals surface area (Å²) in [6.45, 7) is 2.51. The second-order valence-electron chi connectivity index (χ2n) is 4.32. The quantitative estimate of drug-likeness (QED) is 0.666. The Morgan fingerprint density at radius 1 is 1.59 bits per heavy atom. The first-order chi connectivity index (χ1) is 8.06. The van der Waals surface area contributed by atoms with Crippen molar-refractivity contribution in [3.05, 3.63) is 0 Å². The van der Waals surface area contributed by atoms with Crippen molar-refractivity contribution >= 4 is 11.8 Å². The van der Waals surface area contributed by atoms with Crippen molar-refractivity contribution in [2.75, 3.05) is 47.4 Å². The van der Waals surface area contributed by atoms with Gasteiger partial charge in [-0.2, -0.15) is 0 Å². The van der Waals surface area contributed by atoms with Gasteiger partial charge in [-0.1, -0.05) is 0 Å². The Kier molecular flexibility index (Phi) is 5.37. The van der Waals surface area contributed by atoms with Gasteiger partial charge in [-0.25, -0.2) is 0 Å². The Hall–Kier alpha value is -1.14. The number of piperazine rings is 1. The molecule has 0 spiro atoms. The van der Waals surface area contributed by atoms with Crippen molar-refractivity contribution in [3.8, 4) is 0 Å². The highest BCUT2D eigenvalue weighted by molar-refractivity contribution is 5.88. The van der Waals surface area contributed by atoms with Crippen LogP contribution in [0.25, 0.3) is 0 Å². The number of carbonyl (C=O) groups is 2. The molecule has 1 aliphatic rings. The van der Waals surface area contributed by atoms with E-state index in [1.807, 2.05) is 0 Å². The Labute approximate surface area is 102 Å². The Bertz CT molecular complexity index is 281. The van der Waals surface area contributed by atoms with Crippen molar-refractivity contribution in [2.24, 2.45) is 0 Å². The number of methoxy groups -OCH3 is 1. The van der Waals surface area contributed by atoms with Crippen LogP contribution in [0.1, 0.15) is 6.42 Å². The molecular weight excluding hydrogens is 222 g/mol. The first-order valence-corrected chi connectivity index (χ1v) is 5.77. The Balaban J connectivity index is 2.50. The molecule has 1 heterocycles. The minimum absolute atomic E-state index is 0.0106. The van der Waals surface area contributed by atoms with Crippen molar-refractivity contribution in [2.45, 2.75) is 12.5 Å². The van der Waals surface area contributed by atoms with Crippen molar-refractivity contribution < 1.29 is 14.3 Å². The summed E-state index contributed by atoms with van der Waals surface area (Å²) in [5.74, 6) is -0.0482. The van der Waals surface area contributed by atoms with Crippen LogP contribution in [0, 0.1) is 0 Å². The maximum Gasteiger partial charge on any atom is 0.240 e. The molecule has 2 amide bonds. The highest BCUT2D eigenvalue weighted by Crippen LogP contribution is 2.06. The molecule has 1 saturated heterocycles.